The lowest BCUT2D eigenvalue weighted by molar-refractivity contribution is 0.259. The summed E-state index contributed by atoms with van der Waals surface area (Å²) in [4.78, 5) is 0. The molecule has 0 amide bonds. The van der Waals surface area contributed by atoms with E-state index in [1.54, 1.807) is 0 Å². The number of aliphatic hydroxyl groups excluding tert-OH is 2. The maximum absolute atomic E-state index is 9.41. The minimum Gasteiger partial charge on any atom is -0.489 e. The van der Waals surface area contributed by atoms with Crippen LogP contribution < -0.4 is 4.74 Å². The molecule has 0 unspecified atom stereocenters. The summed E-state index contributed by atoms with van der Waals surface area (Å²) in [6, 6.07) is 19.9. The van der Waals surface area contributed by atoms with Crippen LogP contribution in [0.3, 0.4) is 0 Å². The Morgan fingerprint density at radius 3 is 2.42 bits per heavy atom. The molecule has 0 saturated carbocycles. The van der Waals surface area contributed by atoms with Crippen LogP contribution in [-0.4, -0.2) is 10.2 Å². The largest absolute Gasteiger partial charge is 0.489 e. The van der Waals surface area contributed by atoms with E-state index in [2.05, 4.69) is 41.1 Å². The first-order valence-corrected chi connectivity index (χ1v) is 9.22. The zero-order valence-corrected chi connectivity index (χ0v) is 16.2. The third-order valence-corrected chi connectivity index (χ3v) is 4.84. The summed E-state index contributed by atoms with van der Waals surface area (Å²) in [5.74, 6) is 0.793. The first-order valence-electron chi connectivity index (χ1n) is 8.42. The molecule has 0 aliphatic heterocycles. The van der Waals surface area contributed by atoms with Crippen molar-refractivity contribution in [3.05, 3.63) is 87.4 Å². The highest BCUT2D eigenvalue weighted by molar-refractivity contribution is 9.10. The lowest BCUT2D eigenvalue weighted by atomic mass is 10.0. The second-order valence-electron chi connectivity index (χ2n) is 6.20. The number of aryl methyl sites for hydroxylation is 1. The van der Waals surface area contributed by atoms with Gasteiger partial charge in [-0.1, -0.05) is 46.3 Å². The number of ether oxygens (including phenoxy) is 1. The molecule has 0 radical (unpaired) electrons. The van der Waals surface area contributed by atoms with Crippen molar-refractivity contribution in [1.82, 2.24) is 0 Å². The van der Waals surface area contributed by atoms with E-state index in [1.807, 2.05) is 42.5 Å². The average Bonchev–Trinajstić information content (AvgIpc) is 2.66. The molecular weight excluding hydrogens is 392 g/mol. The standard InChI is InChI=1S/C22H21BrO3/c1-15-9-20(23)7-8-22(15)17-3-2-4-21(11-17)26-14-16-5-6-18(12-24)19(10-16)13-25/h2-11,24-25H,12-14H2,1H3. The molecule has 0 atom stereocenters. The third-order valence-electron chi connectivity index (χ3n) is 4.35. The summed E-state index contributed by atoms with van der Waals surface area (Å²) in [5, 5.41) is 18.7. The molecule has 2 N–H and O–H groups in total. The SMILES string of the molecule is Cc1cc(Br)ccc1-c1cccc(OCc2ccc(CO)c(CO)c2)c1. The van der Waals surface area contributed by atoms with Crippen molar-refractivity contribution in [2.24, 2.45) is 0 Å². The molecule has 0 bridgehead atoms. The Balaban J connectivity index is 1.77. The Morgan fingerprint density at radius 1 is 0.885 bits per heavy atom. The monoisotopic (exact) mass is 412 g/mol. The lowest BCUT2D eigenvalue weighted by Gasteiger charge is -2.12. The molecule has 3 nitrogen and oxygen atoms in total. The van der Waals surface area contributed by atoms with Gasteiger partial charge in [-0.25, -0.2) is 0 Å². The van der Waals surface area contributed by atoms with Gasteiger partial charge in [-0.15, -0.1) is 0 Å². The molecule has 0 aliphatic carbocycles. The van der Waals surface area contributed by atoms with Gasteiger partial charge in [0.15, 0.2) is 0 Å². The van der Waals surface area contributed by atoms with E-state index in [4.69, 9.17) is 4.74 Å². The molecule has 0 heterocycles. The summed E-state index contributed by atoms with van der Waals surface area (Å²) in [5.41, 5.74) is 5.91. The van der Waals surface area contributed by atoms with Crippen LogP contribution in [0.1, 0.15) is 22.3 Å². The van der Waals surface area contributed by atoms with Gasteiger partial charge < -0.3 is 14.9 Å². The van der Waals surface area contributed by atoms with Gasteiger partial charge in [-0.2, -0.15) is 0 Å². The summed E-state index contributed by atoms with van der Waals surface area (Å²) in [7, 11) is 0. The highest BCUT2D eigenvalue weighted by Gasteiger charge is 2.06. The maximum Gasteiger partial charge on any atom is 0.120 e. The lowest BCUT2D eigenvalue weighted by Crippen LogP contribution is -2.00. The van der Waals surface area contributed by atoms with Crippen molar-refractivity contribution in [3.63, 3.8) is 0 Å². The van der Waals surface area contributed by atoms with E-state index in [0.29, 0.717) is 6.61 Å². The van der Waals surface area contributed by atoms with Crippen LogP contribution in [0.25, 0.3) is 11.1 Å². The van der Waals surface area contributed by atoms with Crippen LogP contribution in [0.4, 0.5) is 0 Å². The van der Waals surface area contributed by atoms with Gasteiger partial charge in [0.05, 0.1) is 13.2 Å². The smallest absolute Gasteiger partial charge is 0.120 e. The van der Waals surface area contributed by atoms with Crippen LogP contribution >= 0.6 is 15.9 Å². The van der Waals surface area contributed by atoms with Crippen molar-refractivity contribution in [3.8, 4) is 16.9 Å². The van der Waals surface area contributed by atoms with Crippen molar-refractivity contribution < 1.29 is 14.9 Å². The Bertz CT molecular complexity index is 906. The number of rotatable bonds is 6. The van der Waals surface area contributed by atoms with Gasteiger partial charge in [-0.3, -0.25) is 0 Å². The summed E-state index contributed by atoms with van der Waals surface area (Å²) < 4.78 is 7.00. The average molecular weight is 413 g/mol. The molecule has 3 aromatic rings. The van der Waals surface area contributed by atoms with E-state index in [1.165, 1.54) is 11.1 Å². The predicted octanol–water partition coefficient (Wildman–Crippen LogP) is 4.99. The maximum atomic E-state index is 9.41. The summed E-state index contributed by atoms with van der Waals surface area (Å²) in [6.07, 6.45) is 0. The molecule has 4 heteroatoms. The van der Waals surface area contributed by atoms with Gasteiger partial charge in [0.1, 0.15) is 12.4 Å². The van der Waals surface area contributed by atoms with Crippen LogP contribution in [0, 0.1) is 6.92 Å². The second-order valence-corrected chi connectivity index (χ2v) is 7.11. The highest BCUT2D eigenvalue weighted by Crippen LogP contribution is 2.29. The zero-order valence-electron chi connectivity index (χ0n) is 14.6. The quantitative estimate of drug-likeness (QED) is 0.599. The normalized spacial score (nSPS) is 10.8. The number of aliphatic hydroxyl groups is 2. The number of halogens is 1. The van der Waals surface area contributed by atoms with Crippen molar-refractivity contribution in [1.29, 1.82) is 0 Å². The van der Waals surface area contributed by atoms with Crippen molar-refractivity contribution in [2.45, 2.75) is 26.7 Å². The van der Waals surface area contributed by atoms with Gasteiger partial charge in [-0.05, 0) is 70.6 Å². The molecule has 26 heavy (non-hydrogen) atoms. The summed E-state index contributed by atoms with van der Waals surface area (Å²) in [6.45, 7) is 2.32. The summed E-state index contributed by atoms with van der Waals surface area (Å²) >= 11 is 3.50. The van der Waals surface area contributed by atoms with Crippen molar-refractivity contribution >= 4 is 15.9 Å². The fraction of sp³-hybridized carbons (Fsp3) is 0.182. The molecule has 3 rings (SSSR count). The first kappa shape index (κ1) is 18.6. The molecule has 0 fully saturated rings. The molecular formula is C22H21BrO3. The van der Waals surface area contributed by atoms with Gasteiger partial charge in [0.25, 0.3) is 0 Å². The second kappa shape index (κ2) is 8.49. The minimum absolute atomic E-state index is 0.0778. The molecule has 3 aromatic carbocycles. The molecule has 134 valence electrons. The van der Waals surface area contributed by atoms with Gasteiger partial charge in [0.2, 0.25) is 0 Å². The first-order chi connectivity index (χ1) is 12.6. The fourth-order valence-electron chi connectivity index (χ4n) is 2.94. The van der Waals surface area contributed by atoms with Crippen molar-refractivity contribution in [2.75, 3.05) is 0 Å². The van der Waals surface area contributed by atoms with Gasteiger partial charge in [0, 0.05) is 4.47 Å². The predicted molar refractivity (Wildman–Crippen MR) is 107 cm³/mol. The Kier molecular flexibility index (Phi) is 6.09. The van der Waals surface area contributed by atoms with Crippen LogP contribution in [0.15, 0.2) is 65.1 Å². The van der Waals surface area contributed by atoms with E-state index in [-0.39, 0.29) is 13.2 Å². The zero-order chi connectivity index (χ0) is 18.5. The number of benzene rings is 3. The van der Waals surface area contributed by atoms with E-state index in [0.717, 1.165) is 32.5 Å². The van der Waals surface area contributed by atoms with Crippen LogP contribution in [-0.2, 0) is 19.8 Å². The highest BCUT2D eigenvalue weighted by atomic mass is 79.9. The topological polar surface area (TPSA) is 49.7 Å². The molecule has 0 aromatic heterocycles. The van der Waals surface area contributed by atoms with Gasteiger partial charge >= 0.3 is 0 Å². The Morgan fingerprint density at radius 2 is 1.69 bits per heavy atom. The molecule has 0 spiro atoms. The number of hydrogen-bond donors (Lipinski definition) is 2. The minimum atomic E-state index is -0.0952. The van der Waals surface area contributed by atoms with E-state index >= 15 is 0 Å². The molecule has 0 aliphatic rings. The molecule has 0 saturated heterocycles. The van der Waals surface area contributed by atoms with E-state index in [9.17, 15) is 10.2 Å². The fourth-order valence-corrected chi connectivity index (χ4v) is 3.42. The van der Waals surface area contributed by atoms with Crippen LogP contribution in [0.5, 0.6) is 5.75 Å². The Hall–Kier alpha value is -2.14. The van der Waals surface area contributed by atoms with E-state index < -0.39 is 0 Å². The number of hydrogen-bond acceptors (Lipinski definition) is 3. The third kappa shape index (κ3) is 4.33. The van der Waals surface area contributed by atoms with Crippen LogP contribution in [0.2, 0.25) is 0 Å². The Labute approximate surface area is 162 Å².